The zero-order valence-corrected chi connectivity index (χ0v) is 12.5. The van der Waals surface area contributed by atoms with Crippen LogP contribution in [-0.4, -0.2) is 48.3 Å². The van der Waals surface area contributed by atoms with E-state index in [0.717, 1.165) is 58.0 Å². The van der Waals surface area contributed by atoms with E-state index in [1.165, 1.54) is 0 Å². The van der Waals surface area contributed by atoms with E-state index in [1.54, 1.807) is 0 Å². The number of carbonyl (C=O) groups excluding carboxylic acids is 1. The lowest BCUT2D eigenvalue weighted by atomic mass is 9.79. The van der Waals surface area contributed by atoms with Crippen molar-refractivity contribution >= 4 is 11.9 Å². The van der Waals surface area contributed by atoms with Crippen LogP contribution in [0, 0.1) is 0 Å². The largest absolute Gasteiger partial charge is 0.481 e. The summed E-state index contributed by atoms with van der Waals surface area (Å²) < 4.78 is 5.64. The normalized spacial score (nSPS) is 22.7. The number of hydrogen-bond acceptors (Lipinski definition) is 4. The number of hydrogen-bond donors (Lipinski definition) is 3. The van der Waals surface area contributed by atoms with Crippen LogP contribution in [-0.2, 0) is 14.3 Å². The Hall–Kier alpha value is -1.14. The molecule has 0 aromatic rings. The number of carboxylic acid groups (broad SMARTS) is 1. The van der Waals surface area contributed by atoms with Gasteiger partial charge in [-0.3, -0.25) is 9.59 Å². The smallest absolute Gasteiger partial charge is 0.305 e. The molecular formula is C15H26N2O4. The molecule has 21 heavy (non-hydrogen) atoms. The van der Waals surface area contributed by atoms with Crippen molar-refractivity contribution in [1.29, 1.82) is 0 Å². The van der Waals surface area contributed by atoms with E-state index in [4.69, 9.17) is 9.84 Å². The summed E-state index contributed by atoms with van der Waals surface area (Å²) in [7, 11) is 0. The lowest BCUT2D eigenvalue weighted by Gasteiger charge is -2.37. The monoisotopic (exact) mass is 298 g/mol. The van der Waals surface area contributed by atoms with Crippen molar-refractivity contribution in [2.75, 3.05) is 19.7 Å². The molecular weight excluding hydrogens is 272 g/mol. The minimum Gasteiger partial charge on any atom is -0.481 e. The fourth-order valence-corrected chi connectivity index (χ4v) is 3.35. The molecule has 1 aliphatic heterocycles. The van der Waals surface area contributed by atoms with E-state index in [0.29, 0.717) is 0 Å². The summed E-state index contributed by atoms with van der Waals surface area (Å²) in [5, 5.41) is 15.3. The van der Waals surface area contributed by atoms with Gasteiger partial charge in [-0.1, -0.05) is 19.3 Å². The van der Waals surface area contributed by atoms with E-state index in [1.807, 2.05) is 0 Å². The molecule has 6 nitrogen and oxygen atoms in total. The first-order valence-corrected chi connectivity index (χ1v) is 7.95. The van der Waals surface area contributed by atoms with E-state index in [2.05, 4.69) is 10.6 Å². The third-order valence-electron chi connectivity index (χ3n) is 4.44. The van der Waals surface area contributed by atoms with Gasteiger partial charge in [0.15, 0.2) is 0 Å². The molecule has 0 unspecified atom stereocenters. The van der Waals surface area contributed by atoms with Gasteiger partial charge in [0.05, 0.1) is 18.1 Å². The molecule has 2 aliphatic rings. The van der Waals surface area contributed by atoms with Crippen LogP contribution in [0.3, 0.4) is 0 Å². The van der Waals surface area contributed by atoms with Crippen LogP contribution in [0.15, 0.2) is 0 Å². The van der Waals surface area contributed by atoms with Gasteiger partial charge in [-0.2, -0.15) is 0 Å². The van der Waals surface area contributed by atoms with Gasteiger partial charge in [0.1, 0.15) is 6.61 Å². The Labute approximate surface area is 125 Å². The molecule has 3 N–H and O–H groups in total. The molecule has 2 rings (SSSR count). The predicted molar refractivity (Wildman–Crippen MR) is 78.1 cm³/mol. The van der Waals surface area contributed by atoms with E-state index < -0.39 is 11.5 Å². The first-order valence-electron chi connectivity index (χ1n) is 7.95. The SMILES string of the molecule is O=C(O)CC1(NC(=O)COC2CCNCC2)CCCCC1. The van der Waals surface area contributed by atoms with Crippen LogP contribution >= 0.6 is 0 Å². The standard InChI is InChI=1S/C15H26N2O4/c18-13(11-21-12-4-8-16-9-5-12)17-15(10-14(19)20)6-2-1-3-7-15/h12,16H,1-11H2,(H,17,18)(H,19,20). The minimum absolute atomic E-state index is 0.00604. The van der Waals surface area contributed by atoms with Crippen molar-refractivity contribution in [1.82, 2.24) is 10.6 Å². The molecule has 0 radical (unpaired) electrons. The maximum absolute atomic E-state index is 12.1. The Morgan fingerprint density at radius 1 is 1.19 bits per heavy atom. The van der Waals surface area contributed by atoms with Crippen molar-refractivity contribution in [3.05, 3.63) is 0 Å². The number of carbonyl (C=O) groups is 2. The highest BCUT2D eigenvalue weighted by atomic mass is 16.5. The summed E-state index contributed by atoms with van der Waals surface area (Å²) in [6.45, 7) is 1.89. The van der Waals surface area contributed by atoms with Crippen LogP contribution in [0.2, 0.25) is 0 Å². The Balaban J connectivity index is 1.81. The predicted octanol–water partition coefficient (Wildman–Crippen LogP) is 1.05. The summed E-state index contributed by atoms with van der Waals surface area (Å²) in [6.07, 6.45) is 6.55. The molecule has 0 aromatic heterocycles. The molecule has 0 atom stereocenters. The second kappa shape index (κ2) is 7.75. The maximum Gasteiger partial charge on any atom is 0.305 e. The molecule has 1 saturated carbocycles. The third kappa shape index (κ3) is 5.28. The Kier molecular flexibility index (Phi) is 5.99. The van der Waals surface area contributed by atoms with E-state index in [-0.39, 0.29) is 25.0 Å². The molecule has 1 heterocycles. The van der Waals surface area contributed by atoms with Crippen molar-refractivity contribution in [2.24, 2.45) is 0 Å². The molecule has 0 spiro atoms. The van der Waals surface area contributed by atoms with Gasteiger partial charge in [-0.25, -0.2) is 0 Å². The van der Waals surface area contributed by atoms with Crippen molar-refractivity contribution in [3.8, 4) is 0 Å². The summed E-state index contributed by atoms with van der Waals surface area (Å²) in [4.78, 5) is 23.2. The summed E-state index contributed by atoms with van der Waals surface area (Å²) in [5.41, 5.74) is -0.571. The average molecular weight is 298 g/mol. The molecule has 120 valence electrons. The van der Waals surface area contributed by atoms with Crippen molar-refractivity contribution in [2.45, 2.75) is 63.0 Å². The number of nitrogens with one attached hydrogen (secondary N) is 2. The van der Waals surface area contributed by atoms with E-state index >= 15 is 0 Å². The van der Waals surface area contributed by atoms with E-state index in [9.17, 15) is 9.59 Å². The molecule has 6 heteroatoms. The zero-order chi connectivity index (χ0) is 15.1. The number of aliphatic carboxylic acids is 1. The summed E-state index contributed by atoms with van der Waals surface area (Å²) >= 11 is 0. The van der Waals surface area contributed by atoms with Gasteiger partial charge in [0.25, 0.3) is 0 Å². The molecule has 0 aromatic carbocycles. The average Bonchev–Trinajstić information content (AvgIpc) is 2.46. The van der Waals surface area contributed by atoms with Gasteiger partial charge in [0, 0.05) is 0 Å². The molecule has 1 saturated heterocycles. The Morgan fingerprint density at radius 3 is 2.48 bits per heavy atom. The molecule has 1 amide bonds. The Bertz CT molecular complexity index is 361. The zero-order valence-electron chi connectivity index (χ0n) is 12.5. The highest BCUT2D eigenvalue weighted by molar-refractivity contribution is 5.79. The highest BCUT2D eigenvalue weighted by Crippen LogP contribution is 2.31. The van der Waals surface area contributed by atoms with Gasteiger partial charge in [0.2, 0.25) is 5.91 Å². The number of piperidine rings is 1. The van der Waals surface area contributed by atoms with Crippen LogP contribution in [0.5, 0.6) is 0 Å². The summed E-state index contributed by atoms with van der Waals surface area (Å²) in [5.74, 6) is -1.03. The fraction of sp³-hybridized carbons (Fsp3) is 0.867. The molecule has 1 aliphatic carbocycles. The molecule has 0 bridgehead atoms. The Morgan fingerprint density at radius 2 is 1.86 bits per heavy atom. The first-order chi connectivity index (χ1) is 10.1. The second-order valence-corrected chi connectivity index (χ2v) is 6.22. The van der Waals surface area contributed by atoms with Gasteiger partial charge in [-0.05, 0) is 38.8 Å². The van der Waals surface area contributed by atoms with Gasteiger partial charge >= 0.3 is 5.97 Å². The number of ether oxygens (including phenoxy) is 1. The van der Waals surface area contributed by atoms with Crippen LogP contribution in [0.25, 0.3) is 0 Å². The minimum atomic E-state index is -0.850. The number of carboxylic acids is 1. The van der Waals surface area contributed by atoms with Gasteiger partial charge < -0.3 is 20.5 Å². The number of amides is 1. The third-order valence-corrected chi connectivity index (χ3v) is 4.44. The molecule has 2 fully saturated rings. The summed E-state index contributed by atoms with van der Waals surface area (Å²) in [6, 6.07) is 0. The first kappa shape index (κ1) is 16.2. The second-order valence-electron chi connectivity index (χ2n) is 6.22. The van der Waals surface area contributed by atoms with Crippen molar-refractivity contribution < 1.29 is 19.4 Å². The number of rotatable bonds is 6. The maximum atomic E-state index is 12.1. The topological polar surface area (TPSA) is 87.7 Å². The van der Waals surface area contributed by atoms with Crippen molar-refractivity contribution in [3.63, 3.8) is 0 Å². The van der Waals surface area contributed by atoms with Crippen LogP contribution < -0.4 is 10.6 Å². The quantitative estimate of drug-likeness (QED) is 0.682. The lowest BCUT2D eigenvalue weighted by molar-refractivity contribution is -0.140. The lowest BCUT2D eigenvalue weighted by Crippen LogP contribution is -2.52. The van der Waals surface area contributed by atoms with Crippen LogP contribution in [0.1, 0.15) is 51.4 Å². The fourth-order valence-electron chi connectivity index (χ4n) is 3.35. The van der Waals surface area contributed by atoms with Gasteiger partial charge in [-0.15, -0.1) is 0 Å². The highest BCUT2D eigenvalue weighted by Gasteiger charge is 2.35. The van der Waals surface area contributed by atoms with Crippen LogP contribution in [0.4, 0.5) is 0 Å².